The third kappa shape index (κ3) is 2.88. The molecule has 0 saturated heterocycles. The average Bonchev–Trinajstić information content (AvgIpc) is 2.63. The Labute approximate surface area is 145 Å². The predicted molar refractivity (Wildman–Crippen MR) is 92.9 cm³/mol. The van der Waals surface area contributed by atoms with E-state index in [1.54, 1.807) is 49.7 Å². The maximum Gasteiger partial charge on any atom is 0.282 e. The van der Waals surface area contributed by atoms with Crippen LogP contribution in [0.3, 0.4) is 0 Å². The van der Waals surface area contributed by atoms with E-state index in [1.807, 2.05) is 6.92 Å². The highest BCUT2D eigenvalue weighted by atomic mass is 16.5. The number of anilines is 2. The zero-order chi connectivity index (χ0) is 18.0. The van der Waals surface area contributed by atoms with Crippen molar-refractivity contribution in [1.82, 2.24) is 4.98 Å². The minimum absolute atomic E-state index is 0.387. The molecule has 7 heteroatoms. The Kier molecular flexibility index (Phi) is 4.31. The molecule has 3 rings (SSSR count). The van der Waals surface area contributed by atoms with E-state index in [0.29, 0.717) is 29.5 Å². The molecule has 0 aliphatic carbocycles. The summed E-state index contributed by atoms with van der Waals surface area (Å²) in [6.45, 7) is 3.67. The number of hydrogen-bond acceptors (Lipinski definition) is 5. The van der Waals surface area contributed by atoms with Crippen molar-refractivity contribution in [2.75, 3.05) is 23.9 Å². The number of pyridine rings is 1. The van der Waals surface area contributed by atoms with Gasteiger partial charge in [0.15, 0.2) is 11.6 Å². The molecule has 0 bridgehead atoms. The standard InChI is InChI=1S/C18H19N3O4/c1-4-21-15-14(6-5-11-19-15)25-18(2,17(21)23)16(22)20-12-7-9-13(24-3)10-8-12/h5-11H,4H2,1-3H3,(H,20,22)/t18-/m1/s1. The lowest BCUT2D eigenvalue weighted by atomic mass is 10.0. The summed E-state index contributed by atoms with van der Waals surface area (Å²) in [6, 6.07) is 10.2. The van der Waals surface area contributed by atoms with E-state index in [-0.39, 0.29) is 0 Å². The lowest BCUT2D eigenvalue weighted by Gasteiger charge is -2.38. The fourth-order valence-electron chi connectivity index (χ4n) is 2.64. The Morgan fingerprint density at radius 2 is 2.04 bits per heavy atom. The van der Waals surface area contributed by atoms with E-state index >= 15 is 0 Å². The molecule has 1 aromatic heterocycles. The van der Waals surface area contributed by atoms with Gasteiger partial charge in [-0.2, -0.15) is 0 Å². The molecule has 25 heavy (non-hydrogen) atoms. The first-order valence-corrected chi connectivity index (χ1v) is 7.91. The van der Waals surface area contributed by atoms with Crippen LogP contribution in [0, 0.1) is 0 Å². The van der Waals surface area contributed by atoms with Crippen molar-refractivity contribution >= 4 is 23.3 Å². The number of ether oxygens (including phenoxy) is 2. The number of methoxy groups -OCH3 is 1. The molecule has 2 heterocycles. The highest BCUT2D eigenvalue weighted by molar-refractivity contribution is 6.19. The second-order valence-electron chi connectivity index (χ2n) is 5.69. The number of amides is 2. The van der Waals surface area contributed by atoms with Crippen molar-refractivity contribution in [3.05, 3.63) is 42.6 Å². The lowest BCUT2D eigenvalue weighted by molar-refractivity contribution is -0.145. The molecule has 130 valence electrons. The summed E-state index contributed by atoms with van der Waals surface area (Å²) < 4.78 is 10.8. The first-order valence-electron chi connectivity index (χ1n) is 7.91. The minimum atomic E-state index is -1.67. The molecule has 0 spiro atoms. The van der Waals surface area contributed by atoms with Crippen LogP contribution < -0.4 is 19.7 Å². The maximum absolute atomic E-state index is 12.9. The molecule has 0 fully saturated rings. The van der Waals surface area contributed by atoms with Crippen LogP contribution in [0.15, 0.2) is 42.6 Å². The number of fused-ring (bicyclic) bond motifs is 1. The second kappa shape index (κ2) is 6.43. The van der Waals surface area contributed by atoms with E-state index in [0.717, 1.165) is 0 Å². The molecule has 1 aliphatic rings. The van der Waals surface area contributed by atoms with Gasteiger partial charge in [0, 0.05) is 18.4 Å². The number of likely N-dealkylation sites (N-methyl/N-ethyl adjacent to an activating group) is 1. The summed E-state index contributed by atoms with van der Waals surface area (Å²) in [4.78, 5) is 31.3. The summed E-state index contributed by atoms with van der Waals surface area (Å²) in [7, 11) is 1.56. The van der Waals surface area contributed by atoms with Crippen LogP contribution in [0.4, 0.5) is 11.5 Å². The third-order valence-electron chi connectivity index (χ3n) is 4.07. The summed E-state index contributed by atoms with van der Waals surface area (Å²) >= 11 is 0. The van der Waals surface area contributed by atoms with E-state index in [1.165, 1.54) is 11.8 Å². The zero-order valence-corrected chi connectivity index (χ0v) is 14.3. The average molecular weight is 341 g/mol. The van der Waals surface area contributed by atoms with Crippen LogP contribution in [0.25, 0.3) is 0 Å². The molecule has 1 aromatic carbocycles. The summed E-state index contributed by atoms with van der Waals surface area (Å²) in [5, 5.41) is 2.72. The Hall–Kier alpha value is -3.09. The Bertz CT molecular complexity index is 806. The fraction of sp³-hybridized carbons (Fsp3) is 0.278. The first kappa shape index (κ1) is 16.8. The Morgan fingerprint density at radius 3 is 2.68 bits per heavy atom. The van der Waals surface area contributed by atoms with E-state index in [2.05, 4.69) is 10.3 Å². The van der Waals surface area contributed by atoms with Crippen LogP contribution in [-0.4, -0.2) is 36.1 Å². The number of carbonyl (C=O) groups excluding carboxylic acids is 2. The summed E-state index contributed by atoms with van der Waals surface area (Å²) in [6.07, 6.45) is 1.58. The van der Waals surface area contributed by atoms with Gasteiger partial charge in [-0.25, -0.2) is 4.98 Å². The van der Waals surface area contributed by atoms with Gasteiger partial charge in [-0.1, -0.05) is 0 Å². The second-order valence-corrected chi connectivity index (χ2v) is 5.69. The van der Waals surface area contributed by atoms with Crippen LogP contribution in [0.2, 0.25) is 0 Å². The van der Waals surface area contributed by atoms with Crippen molar-refractivity contribution in [2.45, 2.75) is 19.4 Å². The maximum atomic E-state index is 12.9. The third-order valence-corrected chi connectivity index (χ3v) is 4.07. The van der Waals surface area contributed by atoms with Crippen molar-refractivity contribution in [1.29, 1.82) is 0 Å². The molecule has 1 aliphatic heterocycles. The summed E-state index contributed by atoms with van der Waals surface area (Å²) in [5.41, 5.74) is -1.13. The smallest absolute Gasteiger partial charge is 0.282 e. The van der Waals surface area contributed by atoms with E-state index in [4.69, 9.17) is 9.47 Å². The number of aromatic nitrogens is 1. The van der Waals surface area contributed by atoms with Crippen molar-refractivity contribution in [3.8, 4) is 11.5 Å². The first-order chi connectivity index (χ1) is 12.0. The molecular formula is C18H19N3O4. The highest BCUT2D eigenvalue weighted by Gasteiger charge is 2.50. The van der Waals surface area contributed by atoms with Gasteiger partial charge in [0.05, 0.1) is 7.11 Å². The number of carbonyl (C=O) groups is 2. The molecule has 2 aromatic rings. The van der Waals surface area contributed by atoms with Crippen molar-refractivity contribution in [3.63, 3.8) is 0 Å². The van der Waals surface area contributed by atoms with Gasteiger partial charge in [0.25, 0.3) is 17.4 Å². The number of benzene rings is 1. The number of nitrogens with one attached hydrogen (secondary N) is 1. The van der Waals surface area contributed by atoms with Gasteiger partial charge in [-0.05, 0) is 50.2 Å². The molecule has 0 radical (unpaired) electrons. The Balaban J connectivity index is 1.89. The van der Waals surface area contributed by atoms with Gasteiger partial charge >= 0.3 is 0 Å². The van der Waals surface area contributed by atoms with Gasteiger partial charge in [0.1, 0.15) is 5.75 Å². The normalized spacial score (nSPS) is 19.0. The Morgan fingerprint density at radius 1 is 1.32 bits per heavy atom. The van der Waals surface area contributed by atoms with E-state index < -0.39 is 17.4 Å². The number of nitrogens with zero attached hydrogens (tertiary/aromatic N) is 2. The van der Waals surface area contributed by atoms with Gasteiger partial charge in [-0.15, -0.1) is 0 Å². The van der Waals surface area contributed by atoms with Crippen LogP contribution in [0.1, 0.15) is 13.8 Å². The predicted octanol–water partition coefficient (Wildman–Crippen LogP) is 2.23. The zero-order valence-electron chi connectivity index (χ0n) is 14.3. The van der Waals surface area contributed by atoms with Crippen LogP contribution in [0.5, 0.6) is 11.5 Å². The molecule has 7 nitrogen and oxygen atoms in total. The van der Waals surface area contributed by atoms with Gasteiger partial charge in [0.2, 0.25) is 0 Å². The topological polar surface area (TPSA) is 80.8 Å². The molecular weight excluding hydrogens is 322 g/mol. The van der Waals surface area contributed by atoms with Crippen molar-refractivity contribution in [2.24, 2.45) is 0 Å². The minimum Gasteiger partial charge on any atom is -0.497 e. The molecule has 0 saturated carbocycles. The highest BCUT2D eigenvalue weighted by Crippen LogP contribution is 2.36. The molecule has 0 unspecified atom stereocenters. The van der Waals surface area contributed by atoms with Crippen LogP contribution in [-0.2, 0) is 9.59 Å². The quantitative estimate of drug-likeness (QED) is 0.863. The largest absolute Gasteiger partial charge is 0.497 e. The molecule has 1 atom stereocenters. The SMILES string of the molecule is CCN1C(=O)[C@@](C)(C(=O)Nc2ccc(OC)cc2)Oc2cccnc21. The molecule has 1 N–H and O–H groups in total. The number of hydrogen-bond donors (Lipinski definition) is 1. The lowest BCUT2D eigenvalue weighted by Crippen LogP contribution is -2.60. The number of rotatable bonds is 4. The molecule has 2 amide bonds. The van der Waals surface area contributed by atoms with Gasteiger partial charge < -0.3 is 14.8 Å². The van der Waals surface area contributed by atoms with E-state index in [9.17, 15) is 9.59 Å². The monoisotopic (exact) mass is 341 g/mol. The van der Waals surface area contributed by atoms with Gasteiger partial charge in [-0.3, -0.25) is 14.5 Å². The summed E-state index contributed by atoms with van der Waals surface area (Å²) in [5.74, 6) is 0.496. The van der Waals surface area contributed by atoms with Crippen molar-refractivity contribution < 1.29 is 19.1 Å². The fourth-order valence-corrected chi connectivity index (χ4v) is 2.64. The van der Waals surface area contributed by atoms with Crippen LogP contribution >= 0.6 is 0 Å².